The number of carbonyl (C=O) groups is 1. The van der Waals surface area contributed by atoms with Crippen molar-refractivity contribution in [3.8, 4) is 0 Å². The SMILES string of the molecule is O=C1OC(c2cc(Cl)ccc2Cl)=N/C1=C/c1ccc([N+](=O)[O-])cc1. The molecule has 0 amide bonds. The Hall–Kier alpha value is -2.70. The van der Waals surface area contributed by atoms with Crippen molar-refractivity contribution in [2.24, 2.45) is 4.99 Å². The molecule has 0 bridgehead atoms. The number of carbonyl (C=O) groups excluding carboxylic acids is 1. The van der Waals surface area contributed by atoms with Crippen molar-refractivity contribution in [2.75, 3.05) is 0 Å². The molecular weight excluding hydrogens is 355 g/mol. The van der Waals surface area contributed by atoms with E-state index in [1.807, 2.05) is 0 Å². The number of rotatable bonds is 3. The van der Waals surface area contributed by atoms with E-state index in [0.717, 1.165) is 0 Å². The van der Waals surface area contributed by atoms with Crippen LogP contribution in [-0.2, 0) is 9.53 Å². The first-order valence-electron chi connectivity index (χ1n) is 6.66. The number of hydrogen-bond donors (Lipinski definition) is 0. The molecule has 0 fully saturated rings. The Balaban J connectivity index is 1.94. The van der Waals surface area contributed by atoms with Gasteiger partial charge in [-0.2, -0.15) is 0 Å². The molecule has 0 radical (unpaired) electrons. The summed E-state index contributed by atoms with van der Waals surface area (Å²) in [4.78, 5) is 26.2. The van der Waals surface area contributed by atoms with Gasteiger partial charge in [-0.3, -0.25) is 10.1 Å². The van der Waals surface area contributed by atoms with Gasteiger partial charge in [0.2, 0.25) is 5.90 Å². The lowest BCUT2D eigenvalue weighted by Crippen LogP contribution is -2.06. The first-order chi connectivity index (χ1) is 11.4. The number of nitro groups is 1. The first-order valence-corrected chi connectivity index (χ1v) is 7.42. The van der Waals surface area contributed by atoms with E-state index in [2.05, 4.69) is 4.99 Å². The molecule has 1 heterocycles. The highest BCUT2D eigenvalue weighted by Crippen LogP contribution is 2.26. The molecule has 8 heteroatoms. The van der Waals surface area contributed by atoms with Crippen LogP contribution in [0.25, 0.3) is 6.08 Å². The topological polar surface area (TPSA) is 81.8 Å². The molecule has 3 rings (SSSR count). The number of halogens is 2. The van der Waals surface area contributed by atoms with Gasteiger partial charge in [0.25, 0.3) is 5.69 Å². The Bertz CT molecular complexity index is 905. The molecule has 0 saturated heterocycles. The third kappa shape index (κ3) is 3.29. The van der Waals surface area contributed by atoms with Crippen LogP contribution in [-0.4, -0.2) is 16.8 Å². The van der Waals surface area contributed by atoms with Gasteiger partial charge in [0, 0.05) is 17.2 Å². The maximum absolute atomic E-state index is 11.9. The molecule has 0 aliphatic carbocycles. The van der Waals surface area contributed by atoms with Crippen LogP contribution in [0.15, 0.2) is 53.2 Å². The zero-order chi connectivity index (χ0) is 17.3. The minimum Gasteiger partial charge on any atom is -0.402 e. The maximum Gasteiger partial charge on any atom is 0.363 e. The van der Waals surface area contributed by atoms with Gasteiger partial charge in [0.05, 0.1) is 15.5 Å². The Morgan fingerprint density at radius 2 is 1.83 bits per heavy atom. The van der Waals surface area contributed by atoms with Crippen LogP contribution in [0, 0.1) is 10.1 Å². The number of benzene rings is 2. The lowest BCUT2D eigenvalue weighted by Gasteiger charge is -2.02. The summed E-state index contributed by atoms with van der Waals surface area (Å²) in [6.07, 6.45) is 1.47. The first kappa shape index (κ1) is 16.2. The molecule has 1 aliphatic rings. The van der Waals surface area contributed by atoms with Gasteiger partial charge in [0.15, 0.2) is 5.70 Å². The maximum atomic E-state index is 11.9. The van der Waals surface area contributed by atoms with Crippen molar-refractivity contribution < 1.29 is 14.5 Å². The van der Waals surface area contributed by atoms with Crippen molar-refractivity contribution in [1.29, 1.82) is 0 Å². The summed E-state index contributed by atoms with van der Waals surface area (Å²) in [5.74, 6) is -0.583. The van der Waals surface area contributed by atoms with Gasteiger partial charge >= 0.3 is 5.97 Å². The van der Waals surface area contributed by atoms with Crippen molar-refractivity contribution in [3.05, 3.63) is 79.4 Å². The Morgan fingerprint density at radius 3 is 2.50 bits per heavy atom. The molecule has 0 saturated carbocycles. The second-order valence-corrected chi connectivity index (χ2v) is 5.65. The molecule has 1 aliphatic heterocycles. The summed E-state index contributed by atoms with van der Waals surface area (Å²) in [6.45, 7) is 0. The van der Waals surface area contributed by atoms with E-state index >= 15 is 0 Å². The number of nitrogens with zero attached hydrogens (tertiary/aromatic N) is 2. The number of hydrogen-bond acceptors (Lipinski definition) is 5. The highest BCUT2D eigenvalue weighted by atomic mass is 35.5. The average molecular weight is 363 g/mol. The number of esters is 1. The zero-order valence-electron chi connectivity index (χ0n) is 11.9. The second kappa shape index (κ2) is 6.43. The monoisotopic (exact) mass is 362 g/mol. The van der Waals surface area contributed by atoms with Crippen molar-refractivity contribution in [2.45, 2.75) is 0 Å². The number of ether oxygens (including phenoxy) is 1. The molecule has 120 valence electrons. The van der Waals surface area contributed by atoms with E-state index < -0.39 is 10.9 Å². The predicted molar refractivity (Wildman–Crippen MR) is 90.2 cm³/mol. The van der Waals surface area contributed by atoms with Crippen molar-refractivity contribution in [1.82, 2.24) is 0 Å². The van der Waals surface area contributed by atoms with Crippen LogP contribution >= 0.6 is 23.2 Å². The standard InChI is InChI=1S/C16H8Cl2N2O4/c17-10-3-6-13(18)12(8-10)15-19-14(16(21)24-15)7-9-1-4-11(5-2-9)20(22)23/h1-8H/b14-7+. The van der Waals surface area contributed by atoms with Crippen molar-refractivity contribution >= 4 is 46.8 Å². The summed E-state index contributed by atoms with van der Waals surface area (Å²) in [7, 11) is 0. The smallest absolute Gasteiger partial charge is 0.363 e. The fraction of sp³-hybridized carbons (Fsp3) is 0. The summed E-state index contributed by atoms with van der Waals surface area (Å²) in [5, 5.41) is 11.4. The third-order valence-electron chi connectivity index (χ3n) is 3.19. The quantitative estimate of drug-likeness (QED) is 0.353. The molecule has 0 aromatic heterocycles. The fourth-order valence-corrected chi connectivity index (χ4v) is 2.41. The average Bonchev–Trinajstić information content (AvgIpc) is 2.91. The number of nitro benzene ring substituents is 1. The molecule has 0 spiro atoms. The Kier molecular flexibility index (Phi) is 4.33. The largest absolute Gasteiger partial charge is 0.402 e. The molecule has 0 N–H and O–H groups in total. The minimum atomic E-state index is -0.639. The van der Waals surface area contributed by atoms with E-state index in [1.54, 1.807) is 18.2 Å². The van der Waals surface area contributed by atoms with Gasteiger partial charge < -0.3 is 4.74 Å². The highest BCUT2D eigenvalue weighted by molar-refractivity contribution is 6.36. The van der Waals surface area contributed by atoms with Gasteiger partial charge in [-0.1, -0.05) is 23.2 Å². The molecule has 2 aromatic rings. The van der Waals surface area contributed by atoms with Crippen LogP contribution in [0.5, 0.6) is 0 Å². The van der Waals surface area contributed by atoms with Crippen LogP contribution < -0.4 is 0 Å². The normalized spacial score (nSPS) is 15.3. The molecule has 0 unspecified atom stereocenters. The van der Waals surface area contributed by atoms with Gasteiger partial charge in [-0.25, -0.2) is 9.79 Å². The van der Waals surface area contributed by atoms with Gasteiger partial charge in [-0.05, 0) is 42.0 Å². The van der Waals surface area contributed by atoms with E-state index in [4.69, 9.17) is 27.9 Å². The summed E-state index contributed by atoms with van der Waals surface area (Å²) >= 11 is 12.0. The Morgan fingerprint density at radius 1 is 1.12 bits per heavy atom. The predicted octanol–water partition coefficient (Wildman–Crippen LogP) is 4.25. The van der Waals surface area contributed by atoms with E-state index in [9.17, 15) is 14.9 Å². The lowest BCUT2D eigenvalue weighted by atomic mass is 10.2. The van der Waals surface area contributed by atoms with Crippen LogP contribution in [0.3, 0.4) is 0 Å². The molecular formula is C16H8Cl2N2O4. The highest BCUT2D eigenvalue weighted by Gasteiger charge is 2.25. The van der Waals surface area contributed by atoms with E-state index in [1.165, 1.54) is 30.3 Å². The molecule has 2 aromatic carbocycles. The minimum absolute atomic E-state index is 0.0407. The fourth-order valence-electron chi connectivity index (χ4n) is 2.04. The van der Waals surface area contributed by atoms with Gasteiger partial charge in [-0.15, -0.1) is 0 Å². The molecule has 6 nitrogen and oxygen atoms in total. The van der Waals surface area contributed by atoms with Crippen LogP contribution in [0.4, 0.5) is 5.69 Å². The van der Waals surface area contributed by atoms with E-state index in [0.29, 0.717) is 21.2 Å². The molecule has 0 atom stereocenters. The van der Waals surface area contributed by atoms with E-state index in [-0.39, 0.29) is 17.3 Å². The number of cyclic esters (lactones) is 1. The lowest BCUT2D eigenvalue weighted by molar-refractivity contribution is -0.384. The summed E-state index contributed by atoms with van der Waals surface area (Å²) < 4.78 is 5.12. The second-order valence-electron chi connectivity index (χ2n) is 4.81. The number of non-ortho nitro benzene ring substituents is 1. The third-order valence-corrected chi connectivity index (χ3v) is 3.75. The zero-order valence-corrected chi connectivity index (χ0v) is 13.4. The molecule has 24 heavy (non-hydrogen) atoms. The van der Waals surface area contributed by atoms with Crippen LogP contribution in [0.1, 0.15) is 11.1 Å². The summed E-state index contributed by atoms with van der Waals surface area (Å²) in [6, 6.07) is 10.4. The van der Waals surface area contributed by atoms with Gasteiger partial charge in [0.1, 0.15) is 0 Å². The van der Waals surface area contributed by atoms with Crippen LogP contribution in [0.2, 0.25) is 10.0 Å². The summed E-state index contributed by atoms with van der Waals surface area (Å²) in [5.41, 5.74) is 1.01. The Labute approximate surface area is 146 Å². The van der Waals surface area contributed by atoms with Crippen molar-refractivity contribution in [3.63, 3.8) is 0 Å². The number of aliphatic imine (C=N–C) groups is 1.